The molecule has 1 fully saturated rings. The van der Waals surface area contributed by atoms with Gasteiger partial charge in [0, 0.05) is 13.2 Å². The summed E-state index contributed by atoms with van der Waals surface area (Å²) in [6.45, 7) is 2.96. The molecule has 1 aliphatic heterocycles. The molecule has 1 aromatic rings. The number of carboxylic acid groups (broad SMARTS) is 1. The van der Waals surface area contributed by atoms with Crippen LogP contribution in [0.25, 0.3) is 0 Å². The number of aromatic carboxylic acids is 1. The van der Waals surface area contributed by atoms with E-state index in [1.807, 2.05) is 0 Å². The minimum atomic E-state index is -0.977. The quantitative estimate of drug-likeness (QED) is 0.774. The van der Waals surface area contributed by atoms with Gasteiger partial charge in [-0.3, -0.25) is 4.79 Å². The van der Waals surface area contributed by atoms with Gasteiger partial charge >= 0.3 is 5.97 Å². The van der Waals surface area contributed by atoms with E-state index in [1.54, 1.807) is 6.92 Å². The highest BCUT2D eigenvalue weighted by molar-refractivity contribution is 8.01. The Kier molecular flexibility index (Phi) is 5.38. The zero-order valence-corrected chi connectivity index (χ0v) is 12.7. The minimum Gasteiger partial charge on any atom is -0.477 e. The van der Waals surface area contributed by atoms with Crippen LogP contribution in [-0.2, 0) is 9.53 Å². The van der Waals surface area contributed by atoms with E-state index in [2.05, 4.69) is 10.3 Å². The Morgan fingerprint density at radius 2 is 2.40 bits per heavy atom. The predicted molar refractivity (Wildman–Crippen MR) is 76.5 cm³/mol. The van der Waals surface area contributed by atoms with E-state index in [0.717, 1.165) is 30.8 Å². The summed E-state index contributed by atoms with van der Waals surface area (Å²) in [7, 11) is 0. The number of thiazole rings is 1. The van der Waals surface area contributed by atoms with Crippen molar-refractivity contribution in [2.24, 2.45) is 0 Å². The second kappa shape index (κ2) is 7.05. The number of aryl methyl sites for hydroxylation is 1. The Labute approximate surface area is 124 Å². The molecule has 0 aliphatic carbocycles. The molecule has 110 valence electrons. The second-order valence-electron chi connectivity index (χ2n) is 4.43. The third kappa shape index (κ3) is 4.19. The molecule has 1 unspecified atom stereocenters. The third-order valence-electron chi connectivity index (χ3n) is 2.85. The monoisotopic (exact) mass is 316 g/mol. The fourth-order valence-electron chi connectivity index (χ4n) is 1.84. The van der Waals surface area contributed by atoms with Gasteiger partial charge < -0.3 is 15.2 Å². The summed E-state index contributed by atoms with van der Waals surface area (Å²) < 4.78 is 6.02. The molecular formula is C12H16N2O4S2. The van der Waals surface area contributed by atoms with E-state index in [9.17, 15) is 9.59 Å². The smallest absolute Gasteiger partial charge is 0.347 e. The lowest BCUT2D eigenvalue weighted by molar-refractivity contribution is -0.119. The number of ether oxygens (including phenoxy) is 1. The number of hydrogen-bond donors (Lipinski definition) is 2. The van der Waals surface area contributed by atoms with Crippen molar-refractivity contribution >= 4 is 35.0 Å². The van der Waals surface area contributed by atoms with Crippen LogP contribution in [-0.4, -0.2) is 47.0 Å². The maximum atomic E-state index is 11.7. The molecule has 2 N–H and O–H groups in total. The van der Waals surface area contributed by atoms with Gasteiger partial charge in [-0.1, -0.05) is 11.8 Å². The SMILES string of the molecule is Cc1nc(SCC(=O)NCC2CCCO2)sc1C(=O)O. The Morgan fingerprint density at radius 3 is 3.00 bits per heavy atom. The molecular weight excluding hydrogens is 300 g/mol. The Balaban J connectivity index is 1.75. The van der Waals surface area contributed by atoms with Crippen LogP contribution < -0.4 is 5.32 Å². The number of nitrogens with zero attached hydrogens (tertiary/aromatic N) is 1. The summed E-state index contributed by atoms with van der Waals surface area (Å²) in [5.41, 5.74) is 0.491. The maximum absolute atomic E-state index is 11.7. The summed E-state index contributed by atoms with van der Waals surface area (Å²) >= 11 is 2.36. The number of nitrogens with one attached hydrogen (secondary N) is 1. The van der Waals surface area contributed by atoms with Crippen molar-refractivity contribution in [3.8, 4) is 0 Å². The average molecular weight is 316 g/mol. The number of carboxylic acids is 1. The zero-order chi connectivity index (χ0) is 14.5. The van der Waals surface area contributed by atoms with Crippen LogP contribution in [0.3, 0.4) is 0 Å². The van der Waals surface area contributed by atoms with Crippen LogP contribution in [0.15, 0.2) is 4.34 Å². The lowest BCUT2D eigenvalue weighted by Gasteiger charge is -2.09. The summed E-state index contributed by atoms with van der Waals surface area (Å²) in [6, 6.07) is 0. The summed E-state index contributed by atoms with van der Waals surface area (Å²) in [5.74, 6) is -0.830. The highest BCUT2D eigenvalue weighted by Gasteiger charge is 2.17. The fourth-order valence-corrected chi connectivity index (χ4v) is 3.70. The van der Waals surface area contributed by atoms with Gasteiger partial charge in [0.2, 0.25) is 5.91 Å². The van der Waals surface area contributed by atoms with Crippen LogP contribution in [0.2, 0.25) is 0 Å². The van der Waals surface area contributed by atoms with Gasteiger partial charge in [0.15, 0.2) is 4.34 Å². The van der Waals surface area contributed by atoms with Crippen LogP contribution in [0, 0.1) is 6.92 Å². The molecule has 1 aromatic heterocycles. The van der Waals surface area contributed by atoms with Crippen LogP contribution in [0.4, 0.5) is 0 Å². The first-order valence-electron chi connectivity index (χ1n) is 6.28. The minimum absolute atomic E-state index is 0.0878. The maximum Gasteiger partial charge on any atom is 0.347 e. The van der Waals surface area contributed by atoms with Crippen molar-refractivity contribution in [2.45, 2.75) is 30.2 Å². The molecule has 1 saturated heterocycles. The van der Waals surface area contributed by atoms with Crippen LogP contribution in [0.5, 0.6) is 0 Å². The second-order valence-corrected chi connectivity index (χ2v) is 6.65. The van der Waals surface area contributed by atoms with Crippen molar-refractivity contribution in [1.29, 1.82) is 0 Å². The Bertz CT molecular complexity index is 498. The molecule has 1 amide bonds. The molecule has 0 aromatic carbocycles. The Morgan fingerprint density at radius 1 is 1.60 bits per heavy atom. The predicted octanol–water partition coefficient (Wildman–Crippen LogP) is 1.54. The third-order valence-corrected chi connectivity index (χ3v) is 5.14. The first-order chi connectivity index (χ1) is 9.56. The van der Waals surface area contributed by atoms with Gasteiger partial charge in [-0.25, -0.2) is 9.78 Å². The number of thioether (sulfide) groups is 1. The average Bonchev–Trinajstić information content (AvgIpc) is 3.03. The summed E-state index contributed by atoms with van der Waals surface area (Å²) in [6.07, 6.45) is 2.16. The highest BCUT2D eigenvalue weighted by Crippen LogP contribution is 2.26. The van der Waals surface area contributed by atoms with E-state index in [4.69, 9.17) is 9.84 Å². The molecule has 8 heteroatoms. The molecule has 2 rings (SSSR count). The van der Waals surface area contributed by atoms with Crippen molar-refractivity contribution in [3.63, 3.8) is 0 Å². The van der Waals surface area contributed by atoms with Gasteiger partial charge in [0.1, 0.15) is 4.88 Å². The molecule has 20 heavy (non-hydrogen) atoms. The molecule has 0 radical (unpaired) electrons. The number of carbonyl (C=O) groups is 2. The lowest BCUT2D eigenvalue weighted by Crippen LogP contribution is -2.32. The number of aromatic nitrogens is 1. The van der Waals surface area contributed by atoms with E-state index >= 15 is 0 Å². The summed E-state index contributed by atoms with van der Waals surface area (Å²) in [5, 5.41) is 11.7. The topological polar surface area (TPSA) is 88.5 Å². The van der Waals surface area contributed by atoms with E-state index in [0.29, 0.717) is 16.6 Å². The van der Waals surface area contributed by atoms with Gasteiger partial charge in [0.05, 0.1) is 17.6 Å². The van der Waals surface area contributed by atoms with E-state index in [-0.39, 0.29) is 22.6 Å². The number of hydrogen-bond acceptors (Lipinski definition) is 6. The normalized spacial score (nSPS) is 18.1. The molecule has 1 atom stereocenters. The van der Waals surface area contributed by atoms with Crippen molar-refractivity contribution in [2.75, 3.05) is 18.9 Å². The molecule has 0 bridgehead atoms. The Hall–Kier alpha value is -1.12. The van der Waals surface area contributed by atoms with Gasteiger partial charge in [-0.05, 0) is 19.8 Å². The number of amides is 1. The molecule has 0 spiro atoms. The van der Waals surface area contributed by atoms with Crippen molar-refractivity contribution in [3.05, 3.63) is 10.6 Å². The number of carbonyl (C=O) groups excluding carboxylic acids is 1. The first-order valence-corrected chi connectivity index (χ1v) is 8.08. The van der Waals surface area contributed by atoms with E-state index in [1.165, 1.54) is 11.8 Å². The van der Waals surface area contributed by atoms with Crippen molar-refractivity contribution in [1.82, 2.24) is 10.3 Å². The van der Waals surface area contributed by atoms with Gasteiger partial charge in [-0.15, -0.1) is 11.3 Å². The van der Waals surface area contributed by atoms with Crippen LogP contribution >= 0.6 is 23.1 Å². The standard InChI is InChI=1S/C12H16N2O4S2/c1-7-10(11(16)17)20-12(14-7)19-6-9(15)13-5-8-3-2-4-18-8/h8H,2-6H2,1H3,(H,13,15)(H,16,17). The van der Waals surface area contributed by atoms with E-state index < -0.39 is 5.97 Å². The largest absolute Gasteiger partial charge is 0.477 e. The first kappa shape index (κ1) is 15.3. The van der Waals surface area contributed by atoms with Crippen molar-refractivity contribution < 1.29 is 19.4 Å². The molecule has 1 aliphatic rings. The zero-order valence-electron chi connectivity index (χ0n) is 11.0. The highest BCUT2D eigenvalue weighted by atomic mass is 32.2. The van der Waals surface area contributed by atoms with Gasteiger partial charge in [0.25, 0.3) is 0 Å². The number of rotatable bonds is 6. The molecule has 2 heterocycles. The molecule has 6 nitrogen and oxygen atoms in total. The molecule has 0 saturated carbocycles. The van der Waals surface area contributed by atoms with Gasteiger partial charge in [-0.2, -0.15) is 0 Å². The summed E-state index contributed by atoms with van der Waals surface area (Å²) in [4.78, 5) is 26.9. The van der Waals surface area contributed by atoms with Crippen LogP contribution in [0.1, 0.15) is 28.2 Å². The fraction of sp³-hybridized carbons (Fsp3) is 0.583. The lowest BCUT2D eigenvalue weighted by atomic mass is 10.2.